The predicted octanol–water partition coefficient (Wildman–Crippen LogP) is 2.22. The minimum absolute atomic E-state index is 0.0642. The summed E-state index contributed by atoms with van der Waals surface area (Å²) in [6, 6.07) is 5.66. The molecule has 5 nitrogen and oxygen atoms in total. The van der Waals surface area contributed by atoms with E-state index in [0.717, 1.165) is 21.1 Å². The third kappa shape index (κ3) is 2.46. The molecule has 4 N–H and O–H groups in total. The van der Waals surface area contributed by atoms with Crippen molar-refractivity contribution in [3.63, 3.8) is 0 Å². The molecule has 0 amide bonds. The molecule has 7 heteroatoms. The molecule has 2 rings (SSSR count). The van der Waals surface area contributed by atoms with Gasteiger partial charge in [-0.25, -0.2) is 0 Å². The van der Waals surface area contributed by atoms with Crippen LogP contribution in [0.25, 0.3) is 10.9 Å². The van der Waals surface area contributed by atoms with Gasteiger partial charge in [0, 0.05) is 23.0 Å². The molecule has 0 spiro atoms. The summed E-state index contributed by atoms with van der Waals surface area (Å²) in [4.78, 5) is 11.5. The molecule has 0 bridgehead atoms. The van der Waals surface area contributed by atoms with Gasteiger partial charge in [-0.2, -0.15) is 0 Å². The quantitative estimate of drug-likeness (QED) is 0.583. The van der Waals surface area contributed by atoms with Crippen LogP contribution >= 0.6 is 28.1 Å². The van der Waals surface area contributed by atoms with E-state index in [0.29, 0.717) is 0 Å². The molecule has 1 aromatic heterocycles. The zero-order chi connectivity index (χ0) is 13.3. The molecule has 1 aromatic carbocycles. The fourth-order valence-electron chi connectivity index (χ4n) is 1.69. The van der Waals surface area contributed by atoms with E-state index in [1.807, 2.05) is 18.2 Å². The lowest BCUT2D eigenvalue weighted by molar-refractivity contribution is 0.0942. The fourth-order valence-corrected chi connectivity index (χ4v) is 2.10. The van der Waals surface area contributed by atoms with Crippen LogP contribution in [0.2, 0.25) is 0 Å². The normalized spacial score (nSPS) is 10.3. The van der Waals surface area contributed by atoms with Gasteiger partial charge < -0.3 is 5.73 Å². The number of hydrazine groups is 1. The number of nitrogens with zero attached hydrogens (tertiary/aromatic N) is 1. The van der Waals surface area contributed by atoms with Gasteiger partial charge in [0.05, 0.1) is 11.2 Å². The monoisotopic (exact) mass is 326 g/mol. The van der Waals surface area contributed by atoms with Crippen molar-refractivity contribution < 1.29 is 4.79 Å². The van der Waals surface area contributed by atoms with Crippen LogP contribution in [0.1, 0.15) is 11.7 Å². The molecule has 0 fully saturated rings. The number of aromatic nitrogens is 1. The van der Waals surface area contributed by atoms with E-state index in [2.05, 4.69) is 26.8 Å². The first-order chi connectivity index (χ1) is 8.49. The summed E-state index contributed by atoms with van der Waals surface area (Å²) in [5.74, 6) is -0.0642. The van der Waals surface area contributed by atoms with Gasteiger partial charge in [0.15, 0.2) is 5.11 Å². The van der Waals surface area contributed by atoms with Gasteiger partial charge in [0.2, 0.25) is 5.91 Å². The van der Waals surface area contributed by atoms with E-state index in [-0.39, 0.29) is 11.0 Å². The molecular weight excluding hydrogens is 316 g/mol. The van der Waals surface area contributed by atoms with E-state index in [9.17, 15) is 4.79 Å². The van der Waals surface area contributed by atoms with Gasteiger partial charge in [-0.3, -0.25) is 20.2 Å². The second-order valence-corrected chi connectivity index (χ2v) is 5.06. The first-order valence-electron chi connectivity index (χ1n) is 5.12. The summed E-state index contributed by atoms with van der Waals surface area (Å²) in [5, 5.41) is 1.03. The van der Waals surface area contributed by atoms with Gasteiger partial charge in [-0.1, -0.05) is 15.9 Å². The first kappa shape index (κ1) is 12.8. The van der Waals surface area contributed by atoms with Crippen LogP contribution in [0, 0.1) is 0 Å². The van der Waals surface area contributed by atoms with Crippen molar-refractivity contribution in [2.75, 3.05) is 5.43 Å². The number of carbonyl (C=O) groups excluding carboxylic acids is 1. The number of carbonyl (C=O) groups is 1. The second kappa shape index (κ2) is 4.95. The molecule has 0 aliphatic carbocycles. The Morgan fingerprint density at radius 2 is 2.22 bits per heavy atom. The Labute approximate surface area is 117 Å². The van der Waals surface area contributed by atoms with Crippen LogP contribution in [0.15, 0.2) is 28.9 Å². The largest absolute Gasteiger partial charge is 0.375 e. The van der Waals surface area contributed by atoms with Gasteiger partial charge in [-0.05, 0) is 30.4 Å². The summed E-state index contributed by atoms with van der Waals surface area (Å²) in [5.41, 5.74) is 12.4. The maximum absolute atomic E-state index is 11.5. The highest BCUT2D eigenvalue weighted by atomic mass is 79.9. The highest BCUT2D eigenvalue weighted by Gasteiger charge is 2.11. The fraction of sp³-hybridized carbons (Fsp3) is 0.0909. The second-order valence-electron chi connectivity index (χ2n) is 3.71. The zero-order valence-electron chi connectivity index (χ0n) is 9.53. The molecule has 2 aromatic rings. The van der Waals surface area contributed by atoms with Crippen LogP contribution in [0.4, 0.5) is 5.69 Å². The van der Waals surface area contributed by atoms with E-state index in [1.165, 1.54) is 6.92 Å². The van der Waals surface area contributed by atoms with Crippen LogP contribution in [0.3, 0.4) is 0 Å². The SMILES string of the molecule is CC(=O)n1cc(NNC(N)=S)c2cc(Br)ccc21. The van der Waals surface area contributed by atoms with Gasteiger partial charge in [-0.15, -0.1) is 0 Å². The molecule has 94 valence electrons. The first-order valence-corrected chi connectivity index (χ1v) is 6.32. The van der Waals surface area contributed by atoms with Crippen molar-refractivity contribution in [1.29, 1.82) is 0 Å². The van der Waals surface area contributed by atoms with E-state index >= 15 is 0 Å². The molecule has 0 aliphatic rings. The lowest BCUT2D eigenvalue weighted by Gasteiger charge is -2.05. The molecule has 0 radical (unpaired) electrons. The van der Waals surface area contributed by atoms with Crippen molar-refractivity contribution in [3.05, 3.63) is 28.9 Å². The van der Waals surface area contributed by atoms with Gasteiger partial charge in [0.1, 0.15) is 0 Å². The Morgan fingerprint density at radius 1 is 1.50 bits per heavy atom. The molecule has 0 aliphatic heterocycles. The highest BCUT2D eigenvalue weighted by Crippen LogP contribution is 2.28. The Balaban J connectivity index is 2.54. The Kier molecular flexibility index (Phi) is 3.53. The number of anilines is 1. The van der Waals surface area contributed by atoms with Crippen molar-refractivity contribution in [3.8, 4) is 0 Å². The number of nitrogens with two attached hydrogens (primary N) is 1. The van der Waals surface area contributed by atoms with Gasteiger partial charge in [0.25, 0.3) is 0 Å². The summed E-state index contributed by atoms with van der Waals surface area (Å²) in [7, 11) is 0. The van der Waals surface area contributed by atoms with E-state index in [1.54, 1.807) is 10.8 Å². The number of benzene rings is 1. The molecular formula is C11H11BrN4OS. The molecule has 0 atom stereocenters. The predicted molar refractivity (Wildman–Crippen MR) is 79.5 cm³/mol. The number of hydrogen-bond acceptors (Lipinski definition) is 3. The summed E-state index contributed by atoms with van der Waals surface area (Å²) >= 11 is 8.12. The Hall–Kier alpha value is -1.60. The number of rotatable bonds is 2. The van der Waals surface area contributed by atoms with Crippen LogP contribution in [0.5, 0.6) is 0 Å². The minimum Gasteiger partial charge on any atom is -0.375 e. The zero-order valence-corrected chi connectivity index (χ0v) is 11.9. The molecule has 0 saturated heterocycles. The van der Waals surface area contributed by atoms with E-state index in [4.69, 9.17) is 18.0 Å². The van der Waals surface area contributed by atoms with Crippen LogP contribution in [-0.2, 0) is 0 Å². The lowest BCUT2D eigenvalue weighted by atomic mass is 10.2. The maximum Gasteiger partial charge on any atom is 0.228 e. The summed E-state index contributed by atoms with van der Waals surface area (Å²) in [6.45, 7) is 1.51. The van der Waals surface area contributed by atoms with Gasteiger partial charge >= 0.3 is 0 Å². The van der Waals surface area contributed by atoms with Crippen LogP contribution < -0.4 is 16.6 Å². The van der Waals surface area contributed by atoms with Crippen molar-refractivity contribution in [2.24, 2.45) is 5.73 Å². The van der Waals surface area contributed by atoms with Crippen molar-refractivity contribution in [2.45, 2.75) is 6.92 Å². The standard InChI is InChI=1S/C11H11BrN4OS/c1-6(17)16-5-9(14-15-11(13)18)8-4-7(12)2-3-10(8)16/h2-5,14H,1H3,(H3,13,15,18). The third-order valence-electron chi connectivity index (χ3n) is 2.43. The van der Waals surface area contributed by atoms with Crippen molar-refractivity contribution in [1.82, 2.24) is 9.99 Å². The number of hydrogen-bond donors (Lipinski definition) is 3. The third-order valence-corrected chi connectivity index (χ3v) is 3.02. The Bertz CT molecular complexity index is 637. The number of fused-ring (bicyclic) bond motifs is 1. The number of nitrogens with one attached hydrogen (secondary N) is 2. The molecule has 1 heterocycles. The van der Waals surface area contributed by atoms with E-state index < -0.39 is 0 Å². The highest BCUT2D eigenvalue weighted by molar-refractivity contribution is 9.10. The Morgan fingerprint density at radius 3 is 2.83 bits per heavy atom. The van der Waals surface area contributed by atoms with Crippen molar-refractivity contribution >= 4 is 55.8 Å². The summed E-state index contributed by atoms with van der Waals surface area (Å²) in [6.07, 6.45) is 1.70. The summed E-state index contributed by atoms with van der Waals surface area (Å²) < 4.78 is 2.49. The van der Waals surface area contributed by atoms with Crippen LogP contribution in [-0.4, -0.2) is 15.6 Å². The lowest BCUT2D eigenvalue weighted by Crippen LogP contribution is -2.33. The number of thiocarbonyl (C=S) groups is 1. The maximum atomic E-state index is 11.5. The molecule has 0 saturated carbocycles. The average Bonchev–Trinajstić information content (AvgIpc) is 2.64. The molecule has 0 unspecified atom stereocenters. The average molecular weight is 327 g/mol. The topological polar surface area (TPSA) is 72.1 Å². The minimum atomic E-state index is -0.0642. The molecule has 18 heavy (non-hydrogen) atoms. The smallest absolute Gasteiger partial charge is 0.228 e. The number of halogens is 1.